The minimum Gasteiger partial charge on any atom is -0.494 e. The molecule has 2 amide bonds. The summed E-state index contributed by atoms with van der Waals surface area (Å²) in [6, 6.07) is 25.2. The summed E-state index contributed by atoms with van der Waals surface area (Å²) in [6.07, 6.45) is 1.34. The molecule has 1 N–H and O–H groups in total. The van der Waals surface area contributed by atoms with Gasteiger partial charge in [0.05, 0.1) is 6.61 Å². The van der Waals surface area contributed by atoms with Crippen LogP contribution in [0.3, 0.4) is 0 Å². The van der Waals surface area contributed by atoms with E-state index in [9.17, 15) is 9.59 Å². The largest absolute Gasteiger partial charge is 0.494 e. The van der Waals surface area contributed by atoms with E-state index < -0.39 is 6.04 Å². The van der Waals surface area contributed by atoms with Gasteiger partial charge >= 0.3 is 0 Å². The van der Waals surface area contributed by atoms with E-state index in [-0.39, 0.29) is 11.8 Å². The van der Waals surface area contributed by atoms with Crippen LogP contribution in [0.1, 0.15) is 42.0 Å². The number of carbonyl (C=O) groups is 2. The molecule has 3 aromatic rings. The molecule has 0 aliphatic carbocycles. The first kappa shape index (κ1) is 26.0. The Balaban J connectivity index is 1.76. The quantitative estimate of drug-likeness (QED) is 0.367. The molecule has 0 heterocycles. The Bertz CT molecular complexity index is 1080. The van der Waals surface area contributed by atoms with E-state index in [0.717, 1.165) is 22.4 Å². The van der Waals surface area contributed by atoms with Crippen molar-refractivity contribution in [2.24, 2.45) is 0 Å². The van der Waals surface area contributed by atoms with Crippen molar-refractivity contribution < 1.29 is 14.3 Å². The van der Waals surface area contributed by atoms with Gasteiger partial charge in [-0.05, 0) is 50.5 Å². The number of benzene rings is 3. The Morgan fingerprint density at radius 2 is 1.60 bits per heavy atom. The van der Waals surface area contributed by atoms with Crippen LogP contribution in [0.5, 0.6) is 5.75 Å². The topological polar surface area (TPSA) is 58.6 Å². The van der Waals surface area contributed by atoms with Crippen LogP contribution < -0.4 is 10.1 Å². The van der Waals surface area contributed by atoms with Gasteiger partial charge in [0.2, 0.25) is 11.8 Å². The first-order valence-corrected chi connectivity index (χ1v) is 12.3. The highest BCUT2D eigenvalue weighted by atomic mass is 16.5. The minimum absolute atomic E-state index is 0.0498. The van der Waals surface area contributed by atoms with Gasteiger partial charge < -0.3 is 15.0 Å². The summed E-state index contributed by atoms with van der Waals surface area (Å²) in [4.78, 5) is 28.4. The molecule has 0 bridgehead atoms. The molecule has 0 aliphatic heterocycles. The molecule has 0 aliphatic rings. The zero-order valence-electron chi connectivity index (χ0n) is 21.0. The molecular weight excluding hydrogens is 436 g/mol. The minimum atomic E-state index is -0.594. The second kappa shape index (κ2) is 13.3. The van der Waals surface area contributed by atoms with Crippen molar-refractivity contribution in [1.82, 2.24) is 10.2 Å². The normalized spacial score (nSPS) is 11.5. The van der Waals surface area contributed by atoms with E-state index in [1.165, 1.54) is 5.56 Å². The Hall–Kier alpha value is -3.60. The molecular formula is C30H36N2O3. The Kier molecular flexibility index (Phi) is 9.91. The summed E-state index contributed by atoms with van der Waals surface area (Å²) in [5.41, 5.74) is 4.33. The first-order valence-electron chi connectivity index (χ1n) is 12.3. The zero-order valence-corrected chi connectivity index (χ0v) is 21.0. The summed E-state index contributed by atoms with van der Waals surface area (Å²) in [6.45, 7) is 7.30. The first-order chi connectivity index (χ1) is 17.0. The Labute approximate surface area is 209 Å². The standard InChI is InChI=1S/C30H36N2O3/c1-4-31-30(34)28(21-25-11-6-5-7-12-25)32(22-26-13-8-10-24(3)20-26)29(33)14-9-19-35-27-17-15-23(2)16-18-27/h5-8,10-13,15-18,20,28H,4,9,14,19,21-22H2,1-3H3,(H,31,34)/t28-/m0/s1. The average molecular weight is 473 g/mol. The van der Waals surface area contributed by atoms with Crippen LogP contribution in [-0.2, 0) is 22.6 Å². The van der Waals surface area contributed by atoms with E-state index in [0.29, 0.717) is 39.0 Å². The molecule has 0 fully saturated rings. The van der Waals surface area contributed by atoms with Gasteiger partial charge in [-0.2, -0.15) is 0 Å². The van der Waals surface area contributed by atoms with Crippen molar-refractivity contribution in [3.63, 3.8) is 0 Å². The molecule has 184 valence electrons. The zero-order chi connectivity index (χ0) is 25.0. The summed E-state index contributed by atoms with van der Waals surface area (Å²) < 4.78 is 5.82. The van der Waals surface area contributed by atoms with Crippen molar-refractivity contribution in [1.29, 1.82) is 0 Å². The maximum Gasteiger partial charge on any atom is 0.243 e. The van der Waals surface area contributed by atoms with Crippen LogP contribution in [-0.4, -0.2) is 35.9 Å². The lowest BCUT2D eigenvalue weighted by atomic mass is 10.0. The van der Waals surface area contributed by atoms with Gasteiger partial charge in [-0.25, -0.2) is 0 Å². The third-order valence-electron chi connectivity index (χ3n) is 5.88. The van der Waals surface area contributed by atoms with Crippen LogP contribution in [0.4, 0.5) is 0 Å². The van der Waals surface area contributed by atoms with Crippen molar-refractivity contribution in [2.75, 3.05) is 13.2 Å². The summed E-state index contributed by atoms with van der Waals surface area (Å²) in [7, 11) is 0. The maximum absolute atomic E-state index is 13.5. The monoisotopic (exact) mass is 472 g/mol. The van der Waals surface area contributed by atoms with Crippen molar-refractivity contribution in [3.8, 4) is 5.75 Å². The number of likely N-dealkylation sites (N-methyl/N-ethyl adjacent to an activating group) is 1. The number of nitrogens with one attached hydrogen (secondary N) is 1. The Morgan fingerprint density at radius 1 is 0.886 bits per heavy atom. The van der Waals surface area contributed by atoms with E-state index in [4.69, 9.17) is 4.74 Å². The van der Waals surface area contributed by atoms with Crippen molar-refractivity contribution >= 4 is 11.8 Å². The van der Waals surface area contributed by atoms with E-state index in [2.05, 4.69) is 11.4 Å². The average Bonchev–Trinajstić information content (AvgIpc) is 2.86. The number of hydrogen-bond acceptors (Lipinski definition) is 3. The van der Waals surface area contributed by atoms with Crippen molar-refractivity contribution in [2.45, 2.75) is 52.6 Å². The predicted octanol–water partition coefficient (Wildman–Crippen LogP) is 5.24. The molecule has 5 heteroatoms. The van der Waals surface area contributed by atoms with Crippen LogP contribution in [0.25, 0.3) is 0 Å². The van der Waals surface area contributed by atoms with E-state index in [1.807, 2.05) is 93.6 Å². The Morgan fingerprint density at radius 3 is 2.29 bits per heavy atom. The SMILES string of the molecule is CCNC(=O)[C@H](Cc1ccccc1)N(Cc1cccc(C)c1)C(=O)CCCOc1ccc(C)cc1. The molecule has 0 saturated carbocycles. The number of carbonyl (C=O) groups excluding carboxylic acids is 2. The number of rotatable bonds is 12. The molecule has 3 aromatic carbocycles. The molecule has 0 saturated heterocycles. The van der Waals surface area contributed by atoms with E-state index >= 15 is 0 Å². The van der Waals surface area contributed by atoms with Crippen molar-refractivity contribution in [3.05, 3.63) is 101 Å². The molecule has 5 nitrogen and oxygen atoms in total. The highest BCUT2D eigenvalue weighted by Crippen LogP contribution is 2.18. The predicted molar refractivity (Wildman–Crippen MR) is 140 cm³/mol. The fraction of sp³-hybridized carbons (Fsp3) is 0.333. The smallest absolute Gasteiger partial charge is 0.243 e. The summed E-state index contributed by atoms with van der Waals surface area (Å²) in [5.74, 6) is 0.614. The third kappa shape index (κ3) is 8.29. The molecule has 0 aromatic heterocycles. The molecule has 3 rings (SSSR count). The third-order valence-corrected chi connectivity index (χ3v) is 5.88. The van der Waals surface area contributed by atoms with Gasteiger partial charge in [0.15, 0.2) is 0 Å². The van der Waals surface area contributed by atoms with Gasteiger partial charge in [0, 0.05) is 25.9 Å². The number of ether oxygens (including phenoxy) is 1. The molecule has 0 unspecified atom stereocenters. The maximum atomic E-state index is 13.5. The lowest BCUT2D eigenvalue weighted by molar-refractivity contribution is -0.141. The van der Waals surface area contributed by atoms with Gasteiger partial charge in [-0.15, -0.1) is 0 Å². The number of amides is 2. The lowest BCUT2D eigenvalue weighted by Crippen LogP contribution is -2.50. The summed E-state index contributed by atoms with van der Waals surface area (Å²) >= 11 is 0. The van der Waals surface area contributed by atoms with E-state index in [1.54, 1.807) is 4.90 Å². The van der Waals surface area contributed by atoms with Gasteiger partial charge in [0.25, 0.3) is 0 Å². The molecule has 1 atom stereocenters. The van der Waals surface area contributed by atoms with Crippen LogP contribution in [0.2, 0.25) is 0 Å². The van der Waals surface area contributed by atoms with Crippen LogP contribution in [0.15, 0.2) is 78.9 Å². The number of nitrogens with zero attached hydrogens (tertiary/aromatic N) is 1. The fourth-order valence-electron chi connectivity index (χ4n) is 4.04. The highest BCUT2D eigenvalue weighted by Gasteiger charge is 2.29. The molecule has 35 heavy (non-hydrogen) atoms. The van der Waals surface area contributed by atoms with Gasteiger partial charge in [-0.3, -0.25) is 9.59 Å². The number of aryl methyl sites for hydroxylation is 2. The molecule has 0 radical (unpaired) electrons. The van der Waals surface area contributed by atoms with Crippen LogP contribution in [0, 0.1) is 13.8 Å². The number of hydrogen-bond donors (Lipinski definition) is 1. The summed E-state index contributed by atoms with van der Waals surface area (Å²) in [5, 5.41) is 2.93. The lowest BCUT2D eigenvalue weighted by Gasteiger charge is -2.31. The second-order valence-corrected chi connectivity index (χ2v) is 8.88. The van der Waals surface area contributed by atoms with Crippen LogP contribution >= 0.6 is 0 Å². The van der Waals surface area contributed by atoms with Gasteiger partial charge in [-0.1, -0.05) is 77.9 Å². The highest BCUT2D eigenvalue weighted by molar-refractivity contribution is 5.88. The molecule has 0 spiro atoms. The van der Waals surface area contributed by atoms with Gasteiger partial charge in [0.1, 0.15) is 11.8 Å². The second-order valence-electron chi connectivity index (χ2n) is 8.88. The fourth-order valence-corrected chi connectivity index (χ4v) is 4.04.